The van der Waals surface area contributed by atoms with Gasteiger partial charge in [0.05, 0.1) is 5.75 Å². The summed E-state index contributed by atoms with van der Waals surface area (Å²) < 4.78 is 52.9. The van der Waals surface area contributed by atoms with Gasteiger partial charge in [-0.25, -0.2) is 26.3 Å². The van der Waals surface area contributed by atoms with Crippen molar-refractivity contribution < 1.29 is 22.0 Å². The van der Waals surface area contributed by atoms with Gasteiger partial charge in [-0.1, -0.05) is 6.92 Å². The quantitative estimate of drug-likeness (QED) is 0.706. The molecule has 0 unspecified atom stereocenters. The van der Waals surface area contributed by atoms with Crippen molar-refractivity contribution in [3.8, 4) is 0 Å². The van der Waals surface area contributed by atoms with Crippen LogP contribution in [-0.2, 0) is 10.0 Å². The zero-order valence-corrected chi connectivity index (χ0v) is 19.1. The van der Waals surface area contributed by atoms with Crippen LogP contribution >= 0.6 is 0 Å². The summed E-state index contributed by atoms with van der Waals surface area (Å²) >= 11 is 0. The number of piperidine rings is 1. The standard InChI is InChI=1S/C22H33F2N3O3S/c1-3-12-31(29,30)27-10-8-21(9-11-27)26(2)22(28)25-20-6-4-16(5-7-20)17-13-18(23)15-19(24)14-17/h13-16,20-21H,3-12H2,1-2H3,(H,25,28). The van der Waals surface area contributed by atoms with Crippen LogP contribution in [0.5, 0.6) is 0 Å². The predicted octanol–water partition coefficient (Wildman–Crippen LogP) is 3.84. The second-order valence-corrected chi connectivity index (χ2v) is 10.8. The van der Waals surface area contributed by atoms with E-state index in [9.17, 15) is 22.0 Å². The van der Waals surface area contributed by atoms with Crippen molar-refractivity contribution in [2.75, 3.05) is 25.9 Å². The minimum Gasteiger partial charge on any atom is -0.335 e. The fourth-order valence-electron chi connectivity index (χ4n) is 4.72. The Hall–Kier alpha value is -1.74. The molecular formula is C22H33F2N3O3S. The topological polar surface area (TPSA) is 69.7 Å². The van der Waals surface area contributed by atoms with Crippen molar-refractivity contribution in [2.45, 2.75) is 69.9 Å². The van der Waals surface area contributed by atoms with Crippen LogP contribution in [0.3, 0.4) is 0 Å². The smallest absolute Gasteiger partial charge is 0.317 e. The van der Waals surface area contributed by atoms with E-state index in [1.165, 1.54) is 16.4 Å². The molecule has 1 saturated carbocycles. The molecule has 1 saturated heterocycles. The summed E-state index contributed by atoms with van der Waals surface area (Å²) in [7, 11) is -1.43. The average Bonchev–Trinajstić information content (AvgIpc) is 2.73. The second-order valence-electron chi connectivity index (χ2n) is 8.76. The van der Waals surface area contributed by atoms with Gasteiger partial charge in [-0.05, 0) is 68.6 Å². The van der Waals surface area contributed by atoms with Crippen molar-refractivity contribution in [1.82, 2.24) is 14.5 Å². The molecule has 6 nitrogen and oxygen atoms in total. The van der Waals surface area contributed by atoms with E-state index in [0.717, 1.165) is 31.7 Å². The Morgan fingerprint density at radius 3 is 2.19 bits per heavy atom. The highest BCUT2D eigenvalue weighted by Gasteiger charge is 2.32. The third-order valence-electron chi connectivity index (χ3n) is 6.56. The maximum atomic E-state index is 13.5. The van der Waals surface area contributed by atoms with Gasteiger partial charge < -0.3 is 10.2 Å². The van der Waals surface area contributed by atoms with Crippen molar-refractivity contribution in [3.63, 3.8) is 0 Å². The normalized spacial score (nSPS) is 23.5. The zero-order valence-electron chi connectivity index (χ0n) is 18.3. The van der Waals surface area contributed by atoms with Gasteiger partial charge in [0.15, 0.2) is 0 Å². The molecule has 1 aliphatic carbocycles. The zero-order chi connectivity index (χ0) is 22.6. The molecule has 2 amide bonds. The molecule has 9 heteroatoms. The summed E-state index contributed by atoms with van der Waals surface area (Å²) in [6, 6.07) is 3.58. The first-order valence-corrected chi connectivity index (χ1v) is 12.8. The van der Waals surface area contributed by atoms with Crippen LogP contribution in [-0.4, -0.2) is 61.6 Å². The molecular weight excluding hydrogens is 424 g/mol. The molecule has 1 aromatic rings. The molecule has 1 aromatic carbocycles. The maximum absolute atomic E-state index is 13.5. The number of nitrogens with one attached hydrogen (secondary N) is 1. The van der Waals surface area contributed by atoms with E-state index >= 15 is 0 Å². The number of carbonyl (C=O) groups is 1. The van der Waals surface area contributed by atoms with Crippen molar-refractivity contribution in [2.24, 2.45) is 0 Å². The minimum absolute atomic E-state index is 0.0136. The van der Waals surface area contributed by atoms with Crippen LogP contribution in [0.4, 0.5) is 13.6 Å². The van der Waals surface area contributed by atoms with Crippen molar-refractivity contribution >= 4 is 16.1 Å². The summed E-state index contributed by atoms with van der Waals surface area (Å²) in [4.78, 5) is 14.4. The lowest BCUT2D eigenvalue weighted by atomic mass is 9.81. The van der Waals surface area contributed by atoms with Gasteiger partial charge in [-0.3, -0.25) is 0 Å². The maximum Gasteiger partial charge on any atom is 0.317 e. The third-order valence-corrected chi connectivity index (χ3v) is 8.63. The van der Waals surface area contributed by atoms with Crippen molar-refractivity contribution in [1.29, 1.82) is 0 Å². The number of halogens is 2. The number of rotatable bonds is 6. The molecule has 1 aliphatic heterocycles. The van der Waals surface area contributed by atoms with Gasteiger partial charge in [0, 0.05) is 38.3 Å². The van der Waals surface area contributed by atoms with Crippen molar-refractivity contribution in [3.05, 3.63) is 35.4 Å². The van der Waals surface area contributed by atoms with E-state index in [0.29, 0.717) is 37.9 Å². The molecule has 0 aromatic heterocycles. The summed E-state index contributed by atoms with van der Waals surface area (Å²) in [5.41, 5.74) is 0.684. The first-order chi connectivity index (χ1) is 14.7. The number of hydrogen-bond acceptors (Lipinski definition) is 3. The minimum atomic E-state index is -3.19. The van der Waals surface area contributed by atoms with Gasteiger partial charge in [-0.15, -0.1) is 0 Å². The van der Waals surface area contributed by atoms with Gasteiger partial charge in [0.1, 0.15) is 11.6 Å². The van der Waals surface area contributed by atoms with Crippen LogP contribution < -0.4 is 5.32 Å². The van der Waals surface area contributed by atoms with Crippen LogP contribution in [0.25, 0.3) is 0 Å². The molecule has 2 aliphatic rings. The average molecular weight is 458 g/mol. The van der Waals surface area contributed by atoms with E-state index < -0.39 is 21.7 Å². The fraction of sp³-hybridized carbons (Fsp3) is 0.682. The van der Waals surface area contributed by atoms with E-state index in [2.05, 4.69) is 5.32 Å². The number of benzene rings is 1. The van der Waals surface area contributed by atoms with E-state index in [4.69, 9.17) is 0 Å². The fourth-order valence-corrected chi connectivity index (χ4v) is 6.26. The van der Waals surface area contributed by atoms with E-state index in [1.54, 1.807) is 11.9 Å². The Morgan fingerprint density at radius 2 is 1.65 bits per heavy atom. The number of nitrogens with zero attached hydrogens (tertiary/aromatic N) is 2. The Bertz CT molecular complexity index is 845. The Kier molecular flexibility index (Phi) is 7.91. The molecule has 174 valence electrons. The highest BCUT2D eigenvalue weighted by molar-refractivity contribution is 7.89. The molecule has 31 heavy (non-hydrogen) atoms. The Labute approximate surface area is 184 Å². The monoisotopic (exact) mass is 457 g/mol. The molecule has 2 fully saturated rings. The van der Waals surface area contributed by atoms with Crippen LogP contribution in [0, 0.1) is 11.6 Å². The Morgan fingerprint density at radius 1 is 1.06 bits per heavy atom. The lowest BCUT2D eigenvalue weighted by molar-refractivity contribution is 0.157. The first kappa shape index (κ1) is 23.9. The van der Waals surface area contributed by atoms with Gasteiger partial charge in [0.2, 0.25) is 10.0 Å². The summed E-state index contributed by atoms with van der Waals surface area (Å²) in [6.07, 6.45) is 4.92. The number of hydrogen-bond donors (Lipinski definition) is 1. The first-order valence-electron chi connectivity index (χ1n) is 11.2. The van der Waals surface area contributed by atoms with E-state index in [1.807, 2.05) is 6.92 Å². The highest BCUT2D eigenvalue weighted by Crippen LogP contribution is 2.33. The van der Waals surface area contributed by atoms with Crippen LogP contribution in [0.1, 0.15) is 63.4 Å². The summed E-state index contributed by atoms with van der Waals surface area (Å²) in [5, 5.41) is 3.08. The number of amides is 2. The van der Waals surface area contributed by atoms with Gasteiger partial charge in [0.25, 0.3) is 0 Å². The SMILES string of the molecule is CCCS(=O)(=O)N1CCC(N(C)C(=O)NC2CCC(c3cc(F)cc(F)c3)CC2)CC1. The van der Waals surface area contributed by atoms with E-state index in [-0.39, 0.29) is 29.8 Å². The number of sulfonamides is 1. The predicted molar refractivity (Wildman–Crippen MR) is 116 cm³/mol. The third kappa shape index (κ3) is 6.16. The van der Waals surface area contributed by atoms with Gasteiger partial charge >= 0.3 is 6.03 Å². The lowest BCUT2D eigenvalue weighted by Gasteiger charge is -2.37. The molecule has 3 rings (SSSR count). The van der Waals surface area contributed by atoms with Crippen LogP contribution in [0.2, 0.25) is 0 Å². The largest absolute Gasteiger partial charge is 0.335 e. The van der Waals surface area contributed by atoms with Gasteiger partial charge in [-0.2, -0.15) is 0 Å². The molecule has 0 atom stereocenters. The molecule has 1 N–H and O–H groups in total. The molecule has 0 bridgehead atoms. The molecule has 0 radical (unpaired) electrons. The second kappa shape index (κ2) is 10.3. The number of urea groups is 1. The molecule has 1 heterocycles. The lowest BCUT2D eigenvalue weighted by Crippen LogP contribution is -2.52. The summed E-state index contributed by atoms with van der Waals surface area (Å²) in [5.74, 6) is -0.842. The summed E-state index contributed by atoms with van der Waals surface area (Å²) in [6.45, 7) is 2.74. The number of carbonyl (C=O) groups excluding carboxylic acids is 1. The Balaban J connectivity index is 1.46. The highest BCUT2D eigenvalue weighted by atomic mass is 32.2. The molecule has 0 spiro atoms. The van der Waals surface area contributed by atoms with Crippen LogP contribution in [0.15, 0.2) is 18.2 Å².